The van der Waals surface area contributed by atoms with E-state index in [1.54, 1.807) is 20.8 Å². The lowest BCUT2D eigenvalue weighted by molar-refractivity contribution is -0.222. The van der Waals surface area contributed by atoms with Gasteiger partial charge in [-0.15, -0.1) is 11.8 Å². The van der Waals surface area contributed by atoms with Crippen LogP contribution in [-0.4, -0.2) is 57.1 Å². The predicted octanol–water partition coefficient (Wildman–Crippen LogP) is 1.94. The van der Waals surface area contributed by atoms with Crippen LogP contribution in [0.1, 0.15) is 34.6 Å². The number of rotatable bonds is 1. The second kappa shape index (κ2) is 6.19. The molecule has 0 aromatic heterocycles. The zero-order chi connectivity index (χ0) is 18.3. The third kappa shape index (κ3) is 3.95. The Morgan fingerprint density at radius 3 is 2.33 bits per heavy atom. The molecule has 0 aromatic rings. The van der Waals surface area contributed by atoms with E-state index in [4.69, 9.17) is 14.2 Å². The lowest BCUT2D eigenvalue weighted by Crippen LogP contribution is -2.46. The minimum absolute atomic E-state index is 0.270. The van der Waals surface area contributed by atoms with E-state index in [0.29, 0.717) is 5.75 Å². The van der Waals surface area contributed by atoms with Gasteiger partial charge in [-0.1, -0.05) is 0 Å². The Morgan fingerprint density at radius 1 is 1.29 bits per heavy atom. The Balaban J connectivity index is 2.27. The highest BCUT2D eigenvalue weighted by Crippen LogP contribution is 2.31. The predicted molar refractivity (Wildman–Crippen MR) is 85.1 cm³/mol. The summed E-state index contributed by atoms with van der Waals surface area (Å²) >= 11 is 1.37. The molecule has 9 heteroatoms. The van der Waals surface area contributed by atoms with Gasteiger partial charge in [-0.2, -0.15) is 0 Å². The summed E-state index contributed by atoms with van der Waals surface area (Å²) in [5, 5.41) is 10.4. The highest BCUT2D eigenvalue weighted by atomic mass is 32.2. The Labute approximate surface area is 144 Å². The SMILES string of the molecule is CC(C)(C)OC(=O)N1CSCC1C(O)=C1C(=O)OC(C)(C)OC1=O. The molecule has 0 bridgehead atoms. The van der Waals surface area contributed by atoms with Crippen molar-refractivity contribution in [2.24, 2.45) is 0 Å². The van der Waals surface area contributed by atoms with Crippen molar-refractivity contribution in [1.29, 1.82) is 0 Å². The van der Waals surface area contributed by atoms with Gasteiger partial charge in [0, 0.05) is 19.6 Å². The highest BCUT2D eigenvalue weighted by molar-refractivity contribution is 7.99. The summed E-state index contributed by atoms with van der Waals surface area (Å²) in [5.41, 5.74) is -1.29. The largest absolute Gasteiger partial charge is 0.509 e. The number of aliphatic hydroxyl groups is 1. The number of cyclic esters (lactones) is 2. The first kappa shape index (κ1) is 18.4. The summed E-state index contributed by atoms with van der Waals surface area (Å²) in [7, 11) is 0. The normalized spacial score (nSPS) is 23.6. The number of ether oxygens (including phenoxy) is 3. The number of nitrogens with zero attached hydrogens (tertiary/aromatic N) is 1. The summed E-state index contributed by atoms with van der Waals surface area (Å²) in [5.74, 6) is -3.31. The zero-order valence-corrected chi connectivity index (χ0v) is 15.1. The second-order valence-corrected chi connectivity index (χ2v) is 7.90. The van der Waals surface area contributed by atoms with Crippen LogP contribution < -0.4 is 0 Å². The molecule has 0 aliphatic carbocycles. The average Bonchev–Trinajstić information content (AvgIpc) is 2.82. The maximum absolute atomic E-state index is 12.2. The first-order chi connectivity index (χ1) is 10.9. The molecule has 1 unspecified atom stereocenters. The number of aliphatic hydroxyl groups excluding tert-OH is 1. The summed E-state index contributed by atoms with van der Waals surface area (Å²) in [4.78, 5) is 37.6. The van der Waals surface area contributed by atoms with Crippen molar-refractivity contribution in [2.45, 2.75) is 52.0 Å². The van der Waals surface area contributed by atoms with Crippen molar-refractivity contribution < 1.29 is 33.7 Å². The lowest BCUT2D eigenvalue weighted by Gasteiger charge is -2.32. The second-order valence-electron chi connectivity index (χ2n) is 6.90. The third-order valence-electron chi connectivity index (χ3n) is 3.17. The fourth-order valence-electron chi connectivity index (χ4n) is 2.20. The maximum Gasteiger partial charge on any atom is 0.411 e. The average molecular weight is 359 g/mol. The Hall–Kier alpha value is -1.90. The number of esters is 2. The zero-order valence-electron chi connectivity index (χ0n) is 14.2. The van der Waals surface area contributed by atoms with Crippen LogP contribution in [0.2, 0.25) is 0 Å². The molecule has 0 saturated carbocycles. The van der Waals surface area contributed by atoms with Gasteiger partial charge in [0.15, 0.2) is 5.57 Å². The van der Waals surface area contributed by atoms with E-state index in [-0.39, 0.29) is 5.88 Å². The lowest BCUT2D eigenvalue weighted by atomic mass is 10.1. The van der Waals surface area contributed by atoms with Crippen molar-refractivity contribution in [2.75, 3.05) is 11.6 Å². The Bertz CT molecular complexity index is 583. The molecule has 0 aromatic carbocycles. The summed E-state index contributed by atoms with van der Waals surface area (Å²) in [6, 6.07) is -0.860. The minimum Gasteiger partial charge on any atom is -0.509 e. The van der Waals surface area contributed by atoms with Gasteiger partial charge >= 0.3 is 18.0 Å². The molecule has 24 heavy (non-hydrogen) atoms. The minimum atomic E-state index is -1.40. The third-order valence-corrected chi connectivity index (χ3v) is 4.18. The van der Waals surface area contributed by atoms with Crippen LogP contribution in [0.25, 0.3) is 0 Å². The molecule has 2 heterocycles. The Kier molecular flexibility index (Phi) is 4.76. The number of carbonyl (C=O) groups is 3. The molecule has 8 nitrogen and oxygen atoms in total. The van der Waals surface area contributed by atoms with Gasteiger partial charge in [0.2, 0.25) is 0 Å². The maximum atomic E-state index is 12.2. The van der Waals surface area contributed by atoms with Crippen LogP contribution in [0.4, 0.5) is 4.79 Å². The topological polar surface area (TPSA) is 102 Å². The van der Waals surface area contributed by atoms with E-state index in [9.17, 15) is 19.5 Å². The molecular formula is C15H21NO7S. The van der Waals surface area contributed by atoms with Gasteiger partial charge in [0.25, 0.3) is 5.79 Å². The first-order valence-corrected chi connectivity index (χ1v) is 8.54. The number of amides is 1. The molecule has 2 aliphatic rings. The Morgan fingerprint density at radius 2 is 1.83 bits per heavy atom. The quantitative estimate of drug-likeness (QED) is 0.328. The van der Waals surface area contributed by atoms with Gasteiger partial charge in [-0.3, -0.25) is 4.90 Å². The van der Waals surface area contributed by atoms with Crippen molar-refractivity contribution in [3.8, 4) is 0 Å². The van der Waals surface area contributed by atoms with E-state index < -0.39 is 46.8 Å². The molecule has 2 aliphatic heterocycles. The van der Waals surface area contributed by atoms with Crippen LogP contribution in [-0.2, 0) is 23.8 Å². The number of hydrogen-bond acceptors (Lipinski definition) is 8. The molecule has 2 saturated heterocycles. The smallest absolute Gasteiger partial charge is 0.411 e. The fourth-order valence-corrected chi connectivity index (χ4v) is 3.35. The summed E-state index contributed by atoms with van der Waals surface area (Å²) in [6.45, 7) is 7.99. The van der Waals surface area contributed by atoms with Crippen molar-refractivity contribution in [1.82, 2.24) is 4.90 Å². The molecule has 1 amide bonds. The highest BCUT2D eigenvalue weighted by Gasteiger charge is 2.45. The van der Waals surface area contributed by atoms with E-state index in [1.165, 1.54) is 30.5 Å². The van der Waals surface area contributed by atoms with E-state index in [0.717, 1.165) is 0 Å². The van der Waals surface area contributed by atoms with Crippen LogP contribution >= 0.6 is 11.8 Å². The van der Waals surface area contributed by atoms with Crippen LogP contribution in [0.3, 0.4) is 0 Å². The molecular weight excluding hydrogens is 338 g/mol. The van der Waals surface area contributed by atoms with Crippen LogP contribution in [0, 0.1) is 0 Å². The van der Waals surface area contributed by atoms with E-state index >= 15 is 0 Å². The van der Waals surface area contributed by atoms with Crippen molar-refractivity contribution >= 4 is 29.8 Å². The van der Waals surface area contributed by atoms with Gasteiger partial charge < -0.3 is 19.3 Å². The summed E-state index contributed by atoms with van der Waals surface area (Å²) in [6.07, 6.45) is -0.637. The van der Waals surface area contributed by atoms with Gasteiger partial charge in [-0.25, -0.2) is 14.4 Å². The molecule has 2 rings (SSSR count). The number of thioether (sulfide) groups is 1. The van der Waals surface area contributed by atoms with E-state index in [2.05, 4.69) is 0 Å². The van der Waals surface area contributed by atoms with Crippen LogP contribution in [0.5, 0.6) is 0 Å². The monoisotopic (exact) mass is 359 g/mol. The molecule has 134 valence electrons. The number of carbonyl (C=O) groups excluding carboxylic acids is 3. The van der Waals surface area contributed by atoms with Crippen molar-refractivity contribution in [3.05, 3.63) is 11.3 Å². The standard InChI is InChI=1S/C15H21NO7S/c1-14(2,3)23-13(20)16-7-24-6-8(16)10(17)9-11(18)21-15(4,5)22-12(9)19/h8,17H,6-7H2,1-5H3. The van der Waals surface area contributed by atoms with Crippen LogP contribution in [0.15, 0.2) is 11.3 Å². The van der Waals surface area contributed by atoms with E-state index in [1.807, 2.05) is 0 Å². The number of hydrogen-bond donors (Lipinski definition) is 1. The molecule has 2 fully saturated rings. The molecule has 1 atom stereocenters. The van der Waals surface area contributed by atoms with Gasteiger partial charge in [0.05, 0.1) is 5.88 Å². The first-order valence-electron chi connectivity index (χ1n) is 7.38. The molecule has 1 N–H and O–H groups in total. The molecule has 0 spiro atoms. The molecule has 0 radical (unpaired) electrons. The van der Waals surface area contributed by atoms with Gasteiger partial charge in [0.1, 0.15) is 17.4 Å². The summed E-state index contributed by atoms with van der Waals surface area (Å²) < 4.78 is 15.2. The fraction of sp³-hybridized carbons (Fsp3) is 0.667. The van der Waals surface area contributed by atoms with Crippen molar-refractivity contribution in [3.63, 3.8) is 0 Å². The van der Waals surface area contributed by atoms with Gasteiger partial charge in [-0.05, 0) is 20.8 Å².